The van der Waals surface area contributed by atoms with E-state index in [-0.39, 0.29) is 18.0 Å². The summed E-state index contributed by atoms with van der Waals surface area (Å²) < 4.78 is 5.14. The summed E-state index contributed by atoms with van der Waals surface area (Å²) in [7, 11) is 1.69. The molecular formula is C17H35N3O2. The van der Waals surface area contributed by atoms with Crippen LogP contribution in [0.15, 0.2) is 4.99 Å². The van der Waals surface area contributed by atoms with Crippen LogP contribution >= 0.6 is 0 Å². The van der Waals surface area contributed by atoms with Gasteiger partial charge in [0.25, 0.3) is 0 Å². The Balaban J connectivity index is 0.00000102. The zero-order chi connectivity index (χ0) is 17.1. The minimum absolute atomic E-state index is 0.0658. The lowest BCUT2D eigenvalue weighted by atomic mass is 10.0. The van der Waals surface area contributed by atoms with E-state index in [4.69, 9.17) is 10.5 Å². The van der Waals surface area contributed by atoms with Crippen molar-refractivity contribution in [3.05, 3.63) is 0 Å². The highest BCUT2D eigenvalue weighted by Gasteiger charge is 2.40. The minimum atomic E-state index is 0.0658. The Morgan fingerprint density at radius 2 is 1.91 bits per heavy atom. The first-order chi connectivity index (χ1) is 10.7. The maximum Gasteiger partial charge on any atom is 0.231 e. The fourth-order valence-electron chi connectivity index (χ4n) is 2.61. The van der Waals surface area contributed by atoms with E-state index in [1.165, 1.54) is 12.8 Å². The fraction of sp³-hybridized carbons (Fsp3) is 0.882. The van der Waals surface area contributed by atoms with Gasteiger partial charge in [-0.15, -0.1) is 0 Å². The number of carbonyl (C=O) groups is 1. The highest BCUT2D eigenvalue weighted by atomic mass is 16.5. The molecule has 1 saturated carbocycles. The predicted molar refractivity (Wildman–Crippen MR) is 92.9 cm³/mol. The van der Waals surface area contributed by atoms with Crippen LogP contribution < -0.4 is 5.73 Å². The van der Waals surface area contributed by atoms with Gasteiger partial charge in [-0.1, -0.05) is 34.6 Å². The van der Waals surface area contributed by atoms with Gasteiger partial charge in [-0.05, 0) is 31.6 Å². The van der Waals surface area contributed by atoms with Crippen molar-refractivity contribution in [1.29, 1.82) is 0 Å². The van der Waals surface area contributed by atoms with Gasteiger partial charge in [0.1, 0.15) is 0 Å². The summed E-state index contributed by atoms with van der Waals surface area (Å²) in [6.07, 6.45) is 4.57. The summed E-state index contributed by atoms with van der Waals surface area (Å²) in [5.74, 6) is 1.12. The topological polar surface area (TPSA) is 67.9 Å². The van der Waals surface area contributed by atoms with E-state index in [0.717, 1.165) is 12.8 Å². The van der Waals surface area contributed by atoms with Crippen LogP contribution in [0, 0.1) is 5.92 Å². The van der Waals surface area contributed by atoms with Crippen LogP contribution in [-0.2, 0) is 9.53 Å². The fourth-order valence-corrected chi connectivity index (χ4v) is 2.61. The summed E-state index contributed by atoms with van der Waals surface area (Å²) in [5, 5.41) is 0. The number of aliphatic imine (C=N–C) groups is 1. The highest BCUT2D eigenvalue weighted by molar-refractivity contribution is 5.98. The second-order valence-corrected chi connectivity index (χ2v) is 5.20. The number of amides is 1. The molecule has 0 aromatic carbocycles. The third-order valence-electron chi connectivity index (χ3n) is 3.83. The molecule has 1 heterocycles. The van der Waals surface area contributed by atoms with Crippen molar-refractivity contribution < 1.29 is 9.53 Å². The highest BCUT2D eigenvalue weighted by Crippen LogP contribution is 2.38. The van der Waals surface area contributed by atoms with Crippen LogP contribution in [0.3, 0.4) is 0 Å². The van der Waals surface area contributed by atoms with Crippen LogP contribution in [-0.4, -0.2) is 42.6 Å². The van der Waals surface area contributed by atoms with Crippen molar-refractivity contribution in [3.63, 3.8) is 0 Å². The molecule has 1 unspecified atom stereocenters. The first-order valence-corrected chi connectivity index (χ1v) is 8.81. The molecule has 2 aliphatic rings. The third kappa shape index (κ3) is 5.95. The second-order valence-electron chi connectivity index (χ2n) is 5.20. The largest absolute Gasteiger partial charge is 0.385 e. The molecule has 2 N–H and O–H groups in total. The number of guanidine groups is 1. The lowest BCUT2D eigenvalue weighted by molar-refractivity contribution is -0.130. The molecule has 0 saturated heterocycles. The van der Waals surface area contributed by atoms with E-state index in [9.17, 15) is 4.79 Å². The van der Waals surface area contributed by atoms with E-state index < -0.39 is 0 Å². The van der Waals surface area contributed by atoms with Crippen molar-refractivity contribution in [2.24, 2.45) is 16.6 Å². The SMILES string of the molecule is CC.CC.CC[C@@H]1CC(=O)N(C(CCOC)C2CC2)C(N)=N1. The Hall–Kier alpha value is -1.10. The van der Waals surface area contributed by atoms with Gasteiger partial charge in [0.05, 0.1) is 6.04 Å². The number of methoxy groups -OCH3 is 1. The van der Waals surface area contributed by atoms with Crippen LogP contribution in [0.4, 0.5) is 0 Å². The molecule has 0 aromatic rings. The average Bonchev–Trinajstić information content (AvgIpc) is 3.38. The van der Waals surface area contributed by atoms with Gasteiger partial charge in [0.15, 0.2) is 5.96 Å². The molecule has 0 spiro atoms. The number of nitrogens with zero attached hydrogens (tertiary/aromatic N) is 2. The van der Waals surface area contributed by atoms with Gasteiger partial charge >= 0.3 is 0 Å². The summed E-state index contributed by atoms with van der Waals surface area (Å²) in [5.41, 5.74) is 5.99. The van der Waals surface area contributed by atoms with E-state index in [0.29, 0.717) is 24.9 Å². The zero-order valence-corrected chi connectivity index (χ0v) is 15.3. The zero-order valence-electron chi connectivity index (χ0n) is 15.3. The average molecular weight is 313 g/mol. The first kappa shape index (κ1) is 20.9. The standard InChI is InChI=1S/C13H23N3O2.2C2H6/c1-3-10-8-12(17)16(13(14)15-10)11(6-7-18-2)9-4-5-9;2*1-2/h9-11H,3-8H2,1-2H3,(H2,14,15);2*1-2H3/t10-,11?;;/m1../s1. The number of hydrogen-bond donors (Lipinski definition) is 1. The second kappa shape index (κ2) is 11.5. The number of nitrogens with two attached hydrogens (primary N) is 1. The maximum atomic E-state index is 12.2. The smallest absolute Gasteiger partial charge is 0.231 e. The summed E-state index contributed by atoms with van der Waals surface area (Å²) in [4.78, 5) is 18.4. The lowest BCUT2D eigenvalue weighted by Gasteiger charge is -2.35. The quantitative estimate of drug-likeness (QED) is 0.819. The van der Waals surface area contributed by atoms with Gasteiger partial charge in [-0.25, -0.2) is 4.99 Å². The Kier molecular flexibility index (Phi) is 10.9. The van der Waals surface area contributed by atoms with E-state index in [1.54, 1.807) is 12.0 Å². The molecule has 5 heteroatoms. The maximum absolute atomic E-state index is 12.2. The van der Waals surface area contributed by atoms with Gasteiger partial charge < -0.3 is 10.5 Å². The normalized spacial score (nSPS) is 21.9. The Morgan fingerprint density at radius 1 is 1.32 bits per heavy atom. The number of hydrogen-bond acceptors (Lipinski definition) is 4. The predicted octanol–water partition coefficient (Wildman–Crippen LogP) is 3.18. The third-order valence-corrected chi connectivity index (χ3v) is 3.83. The Bertz CT molecular complexity index is 341. The number of carbonyl (C=O) groups excluding carboxylic acids is 1. The van der Waals surface area contributed by atoms with Crippen LogP contribution in [0.25, 0.3) is 0 Å². The first-order valence-electron chi connectivity index (χ1n) is 8.81. The monoisotopic (exact) mass is 313 g/mol. The molecule has 0 radical (unpaired) electrons. The van der Waals surface area contributed by atoms with E-state index in [1.807, 2.05) is 34.6 Å². The van der Waals surface area contributed by atoms with Crippen molar-refractivity contribution in [2.75, 3.05) is 13.7 Å². The van der Waals surface area contributed by atoms with Crippen molar-refractivity contribution in [2.45, 2.75) is 78.8 Å². The summed E-state index contributed by atoms with van der Waals surface area (Å²) in [6.45, 7) is 10.7. The number of ether oxygens (including phenoxy) is 1. The molecule has 0 bridgehead atoms. The molecule has 0 aromatic heterocycles. The van der Waals surface area contributed by atoms with Crippen LogP contribution in [0.2, 0.25) is 0 Å². The summed E-state index contributed by atoms with van der Waals surface area (Å²) >= 11 is 0. The van der Waals surface area contributed by atoms with Crippen LogP contribution in [0.5, 0.6) is 0 Å². The Morgan fingerprint density at radius 3 is 2.32 bits per heavy atom. The molecule has 1 amide bonds. The number of rotatable bonds is 6. The van der Waals surface area contributed by atoms with Gasteiger partial charge in [-0.2, -0.15) is 0 Å². The van der Waals surface area contributed by atoms with Crippen LogP contribution in [0.1, 0.15) is 66.7 Å². The molecule has 5 nitrogen and oxygen atoms in total. The molecule has 1 aliphatic carbocycles. The van der Waals surface area contributed by atoms with Gasteiger partial charge in [-0.3, -0.25) is 9.69 Å². The van der Waals surface area contributed by atoms with Gasteiger partial charge in [0.2, 0.25) is 5.91 Å². The Labute approximate surface area is 136 Å². The molecule has 1 fully saturated rings. The molecule has 2 rings (SSSR count). The molecular weight excluding hydrogens is 278 g/mol. The lowest BCUT2D eigenvalue weighted by Crippen LogP contribution is -2.53. The molecule has 1 aliphatic heterocycles. The molecule has 2 atom stereocenters. The van der Waals surface area contributed by atoms with Crippen molar-refractivity contribution in [1.82, 2.24) is 4.90 Å². The van der Waals surface area contributed by atoms with Gasteiger partial charge in [0, 0.05) is 26.2 Å². The van der Waals surface area contributed by atoms with Crippen molar-refractivity contribution >= 4 is 11.9 Å². The summed E-state index contributed by atoms with van der Waals surface area (Å²) in [6, 6.07) is 0.245. The van der Waals surface area contributed by atoms with E-state index >= 15 is 0 Å². The molecule has 130 valence electrons. The minimum Gasteiger partial charge on any atom is -0.385 e. The molecule has 22 heavy (non-hydrogen) atoms. The van der Waals surface area contributed by atoms with E-state index in [2.05, 4.69) is 4.99 Å². The van der Waals surface area contributed by atoms with Crippen molar-refractivity contribution in [3.8, 4) is 0 Å².